The number of hydrogen-bond acceptors (Lipinski definition) is 6. The van der Waals surface area contributed by atoms with Gasteiger partial charge in [-0.2, -0.15) is 0 Å². The lowest BCUT2D eigenvalue weighted by Gasteiger charge is -2.20. The molecule has 6 nitrogen and oxygen atoms in total. The Balaban J connectivity index is 2.96. The predicted octanol–water partition coefficient (Wildman–Crippen LogP) is 2.10. The summed E-state index contributed by atoms with van der Waals surface area (Å²) >= 11 is 0. The highest BCUT2D eigenvalue weighted by atomic mass is 16.5. The molecule has 0 radical (unpaired) electrons. The second kappa shape index (κ2) is 6.54. The minimum absolute atomic E-state index is 0.141. The van der Waals surface area contributed by atoms with E-state index in [2.05, 4.69) is 46.1 Å². The molecule has 0 amide bonds. The van der Waals surface area contributed by atoms with Crippen molar-refractivity contribution >= 4 is 17.6 Å². The molecule has 0 saturated carbocycles. The average molecular weight is 280 g/mol. The number of nitrogens with zero attached hydrogens (tertiary/aromatic N) is 2. The summed E-state index contributed by atoms with van der Waals surface area (Å²) in [6.45, 7) is 8.62. The van der Waals surface area contributed by atoms with Gasteiger partial charge in [0.2, 0.25) is 0 Å². The van der Waals surface area contributed by atoms with Gasteiger partial charge in [0.15, 0.2) is 0 Å². The lowest BCUT2D eigenvalue weighted by Crippen LogP contribution is -2.20. The molecular formula is C14H24N4O2. The fourth-order valence-corrected chi connectivity index (χ4v) is 1.65. The molecule has 0 fully saturated rings. The van der Waals surface area contributed by atoms with Crippen LogP contribution in [-0.4, -0.2) is 36.6 Å². The lowest BCUT2D eigenvalue weighted by molar-refractivity contribution is -0.140. The van der Waals surface area contributed by atoms with Crippen LogP contribution in [0.3, 0.4) is 0 Å². The van der Waals surface area contributed by atoms with Gasteiger partial charge in [0.1, 0.15) is 17.5 Å². The minimum Gasteiger partial charge on any atom is -0.469 e. The number of rotatable bonds is 5. The Kier molecular flexibility index (Phi) is 5.30. The highest BCUT2D eigenvalue weighted by Gasteiger charge is 2.20. The van der Waals surface area contributed by atoms with Crippen molar-refractivity contribution < 1.29 is 9.53 Å². The molecule has 0 atom stereocenters. The Morgan fingerprint density at radius 1 is 1.25 bits per heavy atom. The van der Waals surface area contributed by atoms with Crippen molar-refractivity contribution in [2.45, 2.75) is 39.5 Å². The maximum Gasteiger partial charge on any atom is 0.307 e. The van der Waals surface area contributed by atoms with Crippen LogP contribution in [0.2, 0.25) is 0 Å². The number of esters is 1. The van der Waals surface area contributed by atoms with Crippen molar-refractivity contribution in [1.29, 1.82) is 0 Å². The second-order valence-electron chi connectivity index (χ2n) is 5.62. The third-order valence-electron chi connectivity index (χ3n) is 2.90. The fourth-order valence-electron chi connectivity index (χ4n) is 1.65. The van der Waals surface area contributed by atoms with E-state index in [0.29, 0.717) is 13.0 Å². The summed E-state index contributed by atoms with van der Waals surface area (Å²) in [5.74, 6) is 2.06. The van der Waals surface area contributed by atoms with Crippen molar-refractivity contribution in [1.82, 2.24) is 9.97 Å². The quantitative estimate of drug-likeness (QED) is 0.804. The van der Waals surface area contributed by atoms with Crippen LogP contribution in [-0.2, 0) is 14.9 Å². The number of hydrogen-bond donors (Lipinski definition) is 2. The van der Waals surface area contributed by atoms with Crippen LogP contribution in [0.1, 0.15) is 38.6 Å². The van der Waals surface area contributed by atoms with Gasteiger partial charge in [-0.25, -0.2) is 9.97 Å². The molecule has 0 aliphatic rings. The molecule has 2 N–H and O–H groups in total. The summed E-state index contributed by atoms with van der Waals surface area (Å²) in [5.41, 5.74) is 0.795. The van der Waals surface area contributed by atoms with Crippen LogP contribution in [0.4, 0.5) is 11.6 Å². The van der Waals surface area contributed by atoms with E-state index in [1.165, 1.54) is 7.11 Å². The number of anilines is 2. The molecule has 0 aliphatic heterocycles. The first-order chi connectivity index (χ1) is 9.29. The van der Waals surface area contributed by atoms with E-state index >= 15 is 0 Å². The standard InChI is InChI=1S/C14H24N4O2/c1-9-11(15-5)17-13(14(2,3)4)18-12(9)16-8-7-10(19)20-6/h7-8H2,1-6H3,(H2,15,16,17,18). The topological polar surface area (TPSA) is 76.1 Å². The van der Waals surface area contributed by atoms with E-state index in [0.717, 1.165) is 23.0 Å². The summed E-state index contributed by atoms with van der Waals surface area (Å²) in [7, 11) is 3.22. The van der Waals surface area contributed by atoms with Crippen molar-refractivity contribution in [3.05, 3.63) is 11.4 Å². The van der Waals surface area contributed by atoms with Gasteiger partial charge in [-0.3, -0.25) is 4.79 Å². The Bertz CT molecular complexity index is 481. The van der Waals surface area contributed by atoms with E-state index in [4.69, 9.17) is 0 Å². The second-order valence-corrected chi connectivity index (χ2v) is 5.62. The molecule has 1 rings (SSSR count). The zero-order valence-corrected chi connectivity index (χ0v) is 13.1. The summed E-state index contributed by atoms with van der Waals surface area (Å²) < 4.78 is 4.62. The highest BCUT2D eigenvalue weighted by molar-refractivity contribution is 5.70. The van der Waals surface area contributed by atoms with Gasteiger partial charge < -0.3 is 15.4 Å². The molecule has 20 heavy (non-hydrogen) atoms. The van der Waals surface area contributed by atoms with E-state index < -0.39 is 0 Å². The molecule has 1 heterocycles. The summed E-state index contributed by atoms with van der Waals surface area (Å²) in [6, 6.07) is 0. The first-order valence-corrected chi connectivity index (χ1v) is 6.67. The molecule has 1 aromatic rings. The van der Waals surface area contributed by atoms with Crippen LogP contribution in [0.15, 0.2) is 0 Å². The molecule has 0 unspecified atom stereocenters. The van der Waals surface area contributed by atoms with E-state index in [-0.39, 0.29) is 11.4 Å². The zero-order chi connectivity index (χ0) is 15.3. The van der Waals surface area contributed by atoms with Crippen LogP contribution < -0.4 is 10.6 Å². The molecule has 0 spiro atoms. The van der Waals surface area contributed by atoms with E-state index in [9.17, 15) is 4.79 Å². The first kappa shape index (κ1) is 16.2. The van der Waals surface area contributed by atoms with Gasteiger partial charge in [-0.05, 0) is 6.92 Å². The Morgan fingerprint density at radius 3 is 2.35 bits per heavy atom. The molecule has 0 bridgehead atoms. The number of nitrogens with one attached hydrogen (secondary N) is 2. The number of carbonyl (C=O) groups excluding carboxylic acids is 1. The fraction of sp³-hybridized carbons (Fsp3) is 0.643. The van der Waals surface area contributed by atoms with Crippen LogP contribution in [0.5, 0.6) is 0 Å². The highest BCUT2D eigenvalue weighted by Crippen LogP contribution is 2.25. The minimum atomic E-state index is -0.242. The maximum absolute atomic E-state index is 11.1. The van der Waals surface area contributed by atoms with Gasteiger partial charge in [-0.1, -0.05) is 20.8 Å². The van der Waals surface area contributed by atoms with Crippen molar-refractivity contribution in [3.8, 4) is 0 Å². The SMILES string of the molecule is CNc1nc(C(C)(C)C)nc(NCCC(=O)OC)c1C. The average Bonchev–Trinajstić information content (AvgIpc) is 2.39. The monoisotopic (exact) mass is 280 g/mol. The van der Waals surface area contributed by atoms with Gasteiger partial charge in [-0.15, -0.1) is 0 Å². The van der Waals surface area contributed by atoms with E-state index in [1.54, 1.807) is 0 Å². The number of methoxy groups -OCH3 is 1. The Hall–Kier alpha value is -1.85. The molecule has 0 aliphatic carbocycles. The summed E-state index contributed by atoms with van der Waals surface area (Å²) in [6.07, 6.45) is 0.305. The van der Waals surface area contributed by atoms with Crippen molar-refractivity contribution in [3.63, 3.8) is 0 Å². The molecular weight excluding hydrogens is 256 g/mol. The normalized spacial score (nSPS) is 11.1. The summed E-state index contributed by atoms with van der Waals surface area (Å²) in [4.78, 5) is 20.2. The zero-order valence-electron chi connectivity index (χ0n) is 13.1. The van der Waals surface area contributed by atoms with Crippen LogP contribution in [0.25, 0.3) is 0 Å². The van der Waals surface area contributed by atoms with E-state index in [1.807, 2.05) is 14.0 Å². The number of ether oxygens (including phenoxy) is 1. The lowest BCUT2D eigenvalue weighted by atomic mass is 9.95. The first-order valence-electron chi connectivity index (χ1n) is 6.67. The van der Waals surface area contributed by atoms with Gasteiger partial charge in [0.25, 0.3) is 0 Å². The third kappa shape index (κ3) is 4.08. The molecule has 0 saturated heterocycles. The molecule has 1 aromatic heterocycles. The maximum atomic E-state index is 11.1. The Morgan fingerprint density at radius 2 is 1.85 bits per heavy atom. The van der Waals surface area contributed by atoms with Crippen molar-refractivity contribution in [2.75, 3.05) is 31.3 Å². The van der Waals surface area contributed by atoms with Gasteiger partial charge in [0, 0.05) is 24.6 Å². The van der Waals surface area contributed by atoms with Crippen LogP contribution >= 0.6 is 0 Å². The predicted molar refractivity (Wildman–Crippen MR) is 80.1 cm³/mol. The van der Waals surface area contributed by atoms with Gasteiger partial charge >= 0.3 is 5.97 Å². The summed E-state index contributed by atoms with van der Waals surface area (Å²) in [5, 5.41) is 6.25. The number of aromatic nitrogens is 2. The third-order valence-corrected chi connectivity index (χ3v) is 2.90. The van der Waals surface area contributed by atoms with Crippen molar-refractivity contribution in [2.24, 2.45) is 0 Å². The smallest absolute Gasteiger partial charge is 0.307 e. The molecule has 6 heteroatoms. The van der Waals surface area contributed by atoms with Crippen LogP contribution in [0, 0.1) is 6.92 Å². The Labute approximate surface area is 120 Å². The number of carbonyl (C=O) groups is 1. The largest absolute Gasteiger partial charge is 0.469 e. The van der Waals surface area contributed by atoms with Gasteiger partial charge in [0.05, 0.1) is 13.5 Å². The molecule has 112 valence electrons. The molecule has 0 aromatic carbocycles.